The molecule has 13 heavy (non-hydrogen) atoms. The molecule has 0 aliphatic rings. The van der Waals surface area contributed by atoms with Crippen LogP contribution in [0.2, 0.25) is 0 Å². The van der Waals surface area contributed by atoms with Crippen molar-refractivity contribution in [3.05, 3.63) is 37.0 Å². The van der Waals surface area contributed by atoms with E-state index in [4.69, 9.17) is 0 Å². The summed E-state index contributed by atoms with van der Waals surface area (Å²) < 4.78 is 0. The summed E-state index contributed by atoms with van der Waals surface area (Å²) >= 11 is 0. The Hall–Kier alpha value is -1.15. The van der Waals surface area contributed by atoms with E-state index in [1.807, 2.05) is 12.2 Å². The van der Waals surface area contributed by atoms with Crippen LogP contribution >= 0.6 is 0 Å². The second-order valence-electron chi connectivity index (χ2n) is 2.86. The van der Waals surface area contributed by atoms with Gasteiger partial charge in [0.05, 0.1) is 6.10 Å². The van der Waals surface area contributed by atoms with Gasteiger partial charge in [-0.2, -0.15) is 0 Å². The third-order valence-corrected chi connectivity index (χ3v) is 1.67. The predicted molar refractivity (Wildman–Crippen MR) is 58.1 cm³/mol. The van der Waals surface area contributed by atoms with Gasteiger partial charge >= 0.3 is 0 Å². The van der Waals surface area contributed by atoms with Crippen molar-refractivity contribution in [1.29, 1.82) is 0 Å². The van der Waals surface area contributed by atoms with Crippen LogP contribution in [0.4, 0.5) is 0 Å². The van der Waals surface area contributed by atoms with Gasteiger partial charge in [0, 0.05) is 19.2 Å². The average molecular weight is 179 g/mol. The summed E-state index contributed by atoms with van der Waals surface area (Å²) in [6, 6.07) is 0. The van der Waals surface area contributed by atoms with E-state index in [-0.39, 0.29) is 5.92 Å². The highest BCUT2D eigenvalue weighted by Gasteiger charge is 2.07. The molecule has 0 saturated heterocycles. The molecule has 0 bridgehead atoms. The minimum atomic E-state index is -0.433. The van der Waals surface area contributed by atoms with E-state index in [1.165, 1.54) is 0 Å². The van der Waals surface area contributed by atoms with Crippen molar-refractivity contribution in [2.24, 2.45) is 10.9 Å². The lowest BCUT2D eigenvalue weighted by molar-refractivity contribution is 0.177. The minimum absolute atomic E-state index is 0.0540. The van der Waals surface area contributed by atoms with Gasteiger partial charge in [0.25, 0.3) is 0 Å². The number of hydrogen-bond donors (Lipinski definition) is 1. The molecule has 0 spiro atoms. The quantitative estimate of drug-likeness (QED) is 0.508. The third-order valence-electron chi connectivity index (χ3n) is 1.67. The Labute approximate surface area is 80.0 Å². The van der Waals surface area contributed by atoms with Gasteiger partial charge in [0.2, 0.25) is 0 Å². The van der Waals surface area contributed by atoms with E-state index in [2.05, 4.69) is 18.2 Å². The van der Waals surface area contributed by atoms with Crippen LogP contribution in [0.5, 0.6) is 0 Å². The molecule has 2 atom stereocenters. The van der Waals surface area contributed by atoms with E-state index < -0.39 is 6.10 Å². The fourth-order valence-corrected chi connectivity index (χ4v) is 0.810. The molecule has 2 nitrogen and oxygen atoms in total. The normalized spacial score (nSPS) is 16.2. The molecule has 0 heterocycles. The monoisotopic (exact) mass is 179 g/mol. The second-order valence-corrected chi connectivity index (χ2v) is 2.86. The van der Waals surface area contributed by atoms with Gasteiger partial charge < -0.3 is 10.1 Å². The number of nitrogens with zero attached hydrogens (tertiary/aromatic N) is 1. The molecule has 2 heteroatoms. The number of allylic oxidation sites excluding steroid dienone is 3. The summed E-state index contributed by atoms with van der Waals surface area (Å²) in [6.07, 6.45) is 6.63. The lowest BCUT2D eigenvalue weighted by Gasteiger charge is -2.09. The van der Waals surface area contributed by atoms with Gasteiger partial charge in [-0.3, -0.25) is 0 Å². The van der Waals surface area contributed by atoms with Crippen molar-refractivity contribution < 1.29 is 5.11 Å². The Balaban J connectivity index is 4.33. The molecule has 1 N–H and O–H groups in total. The number of aliphatic hydroxyl groups excluding tert-OH is 1. The molecular weight excluding hydrogens is 162 g/mol. The largest absolute Gasteiger partial charge is 0.392 e. The molecule has 0 fully saturated rings. The molecule has 2 unspecified atom stereocenters. The maximum absolute atomic E-state index is 9.33. The van der Waals surface area contributed by atoms with Gasteiger partial charge in [-0.05, 0) is 12.5 Å². The van der Waals surface area contributed by atoms with Crippen molar-refractivity contribution in [2.45, 2.75) is 13.0 Å². The number of aliphatic hydroxyl groups is 1. The first-order valence-corrected chi connectivity index (χ1v) is 4.21. The maximum atomic E-state index is 9.33. The summed E-state index contributed by atoms with van der Waals surface area (Å²) in [4.78, 5) is 3.87. The van der Waals surface area contributed by atoms with Gasteiger partial charge in [-0.1, -0.05) is 31.4 Å². The molecule has 0 amide bonds. The Bertz CT molecular complexity index is 226. The highest BCUT2D eigenvalue weighted by Crippen LogP contribution is 2.05. The van der Waals surface area contributed by atoms with Gasteiger partial charge in [-0.15, -0.1) is 0 Å². The number of hydrogen-bond acceptors (Lipinski definition) is 2. The molecule has 0 aliphatic heterocycles. The average Bonchev–Trinajstić information content (AvgIpc) is 2.11. The third kappa shape index (κ3) is 5.15. The fraction of sp³-hybridized carbons (Fsp3) is 0.364. The first-order valence-electron chi connectivity index (χ1n) is 4.21. The first kappa shape index (κ1) is 11.8. The summed E-state index contributed by atoms with van der Waals surface area (Å²) in [7, 11) is 1.69. The van der Waals surface area contributed by atoms with Crippen LogP contribution in [0, 0.1) is 5.92 Å². The molecule has 0 radical (unpaired) electrons. The lowest BCUT2D eigenvalue weighted by Crippen LogP contribution is -2.15. The summed E-state index contributed by atoms with van der Waals surface area (Å²) in [5, 5.41) is 9.33. The second kappa shape index (κ2) is 6.38. The topological polar surface area (TPSA) is 32.6 Å². The predicted octanol–water partition coefficient (Wildman–Crippen LogP) is 1.98. The van der Waals surface area contributed by atoms with E-state index in [9.17, 15) is 5.11 Å². The van der Waals surface area contributed by atoms with E-state index in [0.29, 0.717) is 0 Å². The molecule has 0 aromatic rings. The zero-order chi connectivity index (χ0) is 10.3. The zero-order valence-electron chi connectivity index (χ0n) is 8.27. The summed E-state index contributed by atoms with van der Waals surface area (Å²) in [5.74, 6) is -0.0540. The summed E-state index contributed by atoms with van der Waals surface area (Å²) in [5.41, 5.74) is 0.829. The van der Waals surface area contributed by atoms with Crippen LogP contribution in [0.3, 0.4) is 0 Å². The van der Waals surface area contributed by atoms with Crippen molar-refractivity contribution in [2.75, 3.05) is 7.05 Å². The maximum Gasteiger partial charge on any atom is 0.0624 e. The van der Waals surface area contributed by atoms with Crippen molar-refractivity contribution in [3.63, 3.8) is 0 Å². The minimum Gasteiger partial charge on any atom is -0.392 e. The number of rotatable bonds is 5. The number of aliphatic imine (C=N–C) groups is 1. The van der Waals surface area contributed by atoms with Crippen molar-refractivity contribution in [3.8, 4) is 0 Å². The van der Waals surface area contributed by atoms with Crippen LogP contribution in [0.1, 0.15) is 6.92 Å². The fourth-order valence-electron chi connectivity index (χ4n) is 0.810. The molecule has 0 aromatic heterocycles. The van der Waals surface area contributed by atoms with Gasteiger partial charge in [0.15, 0.2) is 0 Å². The zero-order valence-corrected chi connectivity index (χ0v) is 8.27. The SMILES string of the molecule is C=CC(=C)/C=C/C(C=NC)C(C)O. The van der Waals surface area contributed by atoms with E-state index in [0.717, 1.165) is 5.57 Å². The molecule has 0 aliphatic carbocycles. The Morgan fingerprint density at radius 1 is 1.54 bits per heavy atom. The van der Waals surface area contributed by atoms with Crippen LogP contribution in [0.25, 0.3) is 0 Å². The van der Waals surface area contributed by atoms with E-state index in [1.54, 1.807) is 26.3 Å². The Morgan fingerprint density at radius 3 is 2.54 bits per heavy atom. The van der Waals surface area contributed by atoms with Gasteiger partial charge in [0.1, 0.15) is 0 Å². The molecule has 0 rings (SSSR count). The summed E-state index contributed by atoms with van der Waals surface area (Å²) in [6.45, 7) is 9.05. The van der Waals surface area contributed by atoms with Crippen molar-refractivity contribution >= 4 is 6.21 Å². The highest BCUT2D eigenvalue weighted by atomic mass is 16.3. The van der Waals surface area contributed by atoms with Crippen LogP contribution in [-0.2, 0) is 0 Å². The van der Waals surface area contributed by atoms with Crippen LogP contribution < -0.4 is 0 Å². The van der Waals surface area contributed by atoms with E-state index >= 15 is 0 Å². The first-order chi connectivity index (χ1) is 6.11. The highest BCUT2D eigenvalue weighted by molar-refractivity contribution is 5.64. The molecule has 0 aromatic carbocycles. The Morgan fingerprint density at radius 2 is 2.15 bits per heavy atom. The standard InChI is InChI=1S/C11H17NO/c1-5-9(2)6-7-11(8-12-4)10(3)13/h5-8,10-11,13H,1-2H2,3-4H3/b7-6+,12-8?. The van der Waals surface area contributed by atoms with Crippen molar-refractivity contribution in [1.82, 2.24) is 0 Å². The molecular formula is C11H17NO. The van der Waals surface area contributed by atoms with Crippen LogP contribution in [0.15, 0.2) is 42.0 Å². The molecule has 72 valence electrons. The lowest BCUT2D eigenvalue weighted by atomic mass is 10.0. The van der Waals surface area contributed by atoms with Crippen LogP contribution in [-0.4, -0.2) is 24.5 Å². The van der Waals surface area contributed by atoms with Gasteiger partial charge in [-0.25, -0.2) is 0 Å². The molecule has 0 saturated carbocycles. The Kier molecular flexibility index (Phi) is 5.81. The smallest absolute Gasteiger partial charge is 0.0624 e.